The van der Waals surface area contributed by atoms with E-state index in [4.69, 9.17) is 22.4 Å². The van der Waals surface area contributed by atoms with Crippen LogP contribution in [0.5, 0.6) is 5.75 Å². The summed E-state index contributed by atoms with van der Waals surface area (Å²) in [5, 5.41) is 18.7. The van der Waals surface area contributed by atoms with Crippen LogP contribution in [0.15, 0.2) is 12.1 Å². The monoisotopic (exact) mass is 243 g/mol. The summed E-state index contributed by atoms with van der Waals surface area (Å²) in [5.74, 6) is -1.19. The van der Waals surface area contributed by atoms with Crippen LogP contribution in [-0.2, 0) is 4.79 Å². The molecule has 0 aliphatic carbocycles. The molecule has 88 valence electrons. The van der Waals surface area contributed by atoms with Crippen molar-refractivity contribution in [3.63, 3.8) is 0 Å². The van der Waals surface area contributed by atoms with Crippen LogP contribution in [0.25, 0.3) is 0 Å². The van der Waals surface area contributed by atoms with E-state index in [0.717, 1.165) is 0 Å². The summed E-state index contributed by atoms with van der Waals surface area (Å²) in [4.78, 5) is 10.6. The largest absolute Gasteiger partial charge is 0.508 e. The van der Waals surface area contributed by atoms with Crippen molar-refractivity contribution in [2.24, 2.45) is 5.73 Å². The molecule has 0 aliphatic rings. The van der Waals surface area contributed by atoms with Gasteiger partial charge in [-0.2, -0.15) is 0 Å². The maximum absolute atomic E-state index is 10.6. The number of benzene rings is 1. The molecule has 1 rings (SSSR count). The third-order valence-corrected chi connectivity index (χ3v) is 2.91. The van der Waals surface area contributed by atoms with Gasteiger partial charge in [-0.15, -0.1) is 0 Å². The fourth-order valence-corrected chi connectivity index (χ4v) is 1.69. The SMILES string of the molecule is Cc1c(O)cc(C(CN)CC(=O)O)cc1Cl. The van der Waals surface area contributed by atoms with Gasteiger partial charge in [0, 0.05) is 16.5 Å². The number of hydrogen-bond donors (Lipinski definition) is 3. The quantitative estimate of drug-likeness (QED) is 0.754. The molecule has 1 aromatic rings. The Morgan fingerprint density at radius 3 is 2.62 bits per heavy atom. The lowest BCUT2D eigenvalue weighted by atomic mass is 9.94. The summed E-state index contributed by atoms with van der Waals surface area (Å²) in [5.41, 5.74) is 6.73. The molecule has 0 saturated heterocycles. The zero-order valence-corrected chi connectivity index (χ0v) is 9.66. The Labute approximate surface area is 98.6 Å². The van der Waals surface area contributed by atoms with Gasteiger partial charge in [0.05, 0.1) is 6.42 Å². The van der Waals surface area contributed by atoms with Crippen molar-refractivity contribution in [3.05, 3.63) is 28.3 Å². The van der Waals surface area contributed by atoms with Gasteiger partial charge in [-0.1, -0.05) is 11.6 Å². The molecule has 5 heteroatoms. The summed E-state index contributed by atoms with van der Waals surface area (Å²) in [7, 11) is 0. The van der Waals surface area contributed by atoms with Crippen molar-refractivity contribution in [2.45, 2.75) is 19.3 Å². The molecule has 0 radical (unpaired) electrons. The van der Waals surface area contributed by atoms with Crippen LogP contribution in [0.3, 0.4) is 0 Å². The van der Waals surface area contributed by atoms with Crippen molar-refractivity contribution in [2.75, 3.05) is 6.54 Å². The standard InChI is InChI=1S/C11H14ClNO3/c1-6-9(12)2-7(3-10(6)14)8(5-13)4-11(15)16/h2-3,8,14H,4-5,13H2,1H3,(H,15,16). The number of nitrogens with two attached hydrogens (primary N) is 1. The first-order chi connectivity index (χ1) is 7.45. The number of aromatic hydroxyl groups is 1. The minimum absolute atomic E-state index is 0.0614. The molecular weight excluding hydrogens is 230 g/mol. The van der Waals surface area contributed by atoms with Gasteiger partial charge in [0.1, 0.15) is 5.75 Å². The number of aliphatic carboxylic acids is 1. The van der Waals surface area contributed by atoms with Gasteiger partial charge in [0.2, 0.25) is 0 Å². The molecule has 1 unspecified atom stereocenters. The van der Waals surface area contributed by atoms with Crippen molar-refractivity contribution in [1.29, 1.82) is 0 Å². The molecule has 0 heterocycles. The average molecular weight is 244 g/mol. The number of phenols is 1. The second-order valence-corrected chi connectivity index (χ2v) is 4.08. The smallest absolute Gasteiger partial charge is 0.304 e. The average Bonchev–Trinajstić information content (AvgIpc) is 2.21. The van der Waals surface area contributed by atoms with Crippen molar-refractivity contribution in [1.82, 2.24) is 0 Å². The van der Waals surface area contributed by atoms with E-state index in [1.165, 1.54) is 6.07 Å². The molecule has 16 heavy (non-hydrogen) atoms. The molecule has 0 aromatic heterocycles. The number of phenolic OH excluding ortho intramolecular Hbond substituents is 1. The number of carbonyl (C=O) groups is 1. The van der Waals surface area contributed by atoms with E-state index in [9.17, 15) is 9.90 Å². The molecule has 0 aliphatic heterocycles. The molecule has 0 spiro atoms. The van der Waals surface area contributed by atoms with E-state index in [-0.39, 0.29) is 24.6 Å². The van der Waals surface area contributed by atoms with E-state index < -0.39 is 5.97 Å². The van der Waals surface area contributed by atoms with Crippen LogP contribution < -0.4 is 5.73 Å². The predicted octanol–water partition coefficient (Wildman–Crippen LogP) is 1.87. The van der Waals surface area contributed by atoms with E-state index in [1.807, 2.05) is 0 Å². The third kappa shape index (κ3) is 2.87. The molecule has 0 amide bonds. The van der Waals surface area contributed by atoms with Gasteiger partial charge < -0.3 is 15.9 Å². The molecular formula is C11H14ClNO3. The highest BCUT2D eigenvalue weighted by molar-refractivity contribution is 6.31. The third-order valence-electron chi connectivity index (χ3n) is 2.52. The fraction of sp³-hybridized carbons (Fsp3) is 0.364. The topological polar surface area (TPSA) is 83.5 Å². The Morgan fingerprint density at radius 2 is 2.19 bits per heavy atom. The summed E-state index contributed by atoms with van der Waals surface area (Å²) >= 11 is 5.91. The summed E-state index contributed by atoms with van der Waals surface area (Å²) in [6.07, 6.45) is -0.0741. The van der Waals surface area contributed by atoms with Gasteiger partial charge in [0.25, 0.3) is 0 Å². The second-order valence-electron chi connectivity index (χ2n) is 3.68. The summed E-state index contributed by atoms with van der Waals surface area (Å²) in [6, 6.07) is 3.17. The van der Waals surface area contributed by atoms with E-state index in [2.05, 4.69) is 0 Å². The van der Waals surface area contributed by atoms with E-state index in [1.54, 1.807) is 13.0 Å². The predicted molar refractivity (Wildman–Crippen MR) is 61.9 cm³/mol. The second kappa shape index (κ2) is 5.18. The zero-order chi connectivity index (χ0) is 12.3. The number of hydrogen-bond acceptors (Lipinski definition) is 3. The van der Waals surface area contributed by atoms with Gasteiger partial charge in [-0.05, 0) is 31.2 Å². The Balaban J connectivity index is 3.06. The van der Waals surface area contributed by atoms with Crippen LogP contribution in [0, 0.1) is 6.92 Å². The van der Waals surface area contributed by atoms with Crippen LogP contribution in [0.4, 0.5) is 0 Å². The van der Waals surface area contributed by atoms with Gasteiger partial charge >= 0.3 is 5.97 Å². The molecule has 1 atom stereocenters. The molecule has 0 bridgehead atoms. The highest BCUT2D eigenvalue weighted by Gasteiger charge is 2.16. The minimum atomic E-state index is -0.924. The zero-order valence-electron chi connectivity index (χ0n) is 8.90. The van der Waals surface area contributed by atoms with Crippen LogP contribution >= 0.6 is 11.6 Å². The maximum atomic E-state index is 10.6. The first-order valence-electron chi connectivity index (χ1n) is 4.86. The van der Waals surface area contributed by atoms with Crippen molar-refractivity contribution < 1.29 is 15.0 Å². The number of carboxylic acids is 1. The maximum Gasteiger partial charge on any atom is 0.304 e. The normalized spacial score (nSPS) is 12.4. The lowest BCUT2D eigenvalue weighted by Gasteiger charge is -2.14. The highest BCUT2D eigenvalue weighted by atomic mass is 35.5. The number of halogens is 1. The van der Waals surface area contributed by atoms with E-state index >= 15 is 0 Å². The summed E-state index contributed by atoms with van der Waals surface area (Å²) in [6.45, 7) is 1.89. The number of carboxylic acid groups (broad SMARTS) is 1. The van der Waals surface area contributed by atoms with Gasteiger partial charge in [-0.25, -0.2) is 0 Å². The molecule has 4 N–H and O–H groups in total. The molecule has 0 saturated carbocycles. The first-order valence-corrected chi connectivity index (χ1v) is 5.24. The van der Waals surface area contributed by atoms with Gasteiger partial charge in [-0.3, -0.25) is 4.79 Å². The Bertz CT molecular complexity index is 383. The lowest BCUT2D eigenvalue weighted by molar-refractivity contribution is -0.137. The number of rotatable bonds is 4. The Morgan fingerprint density at radius 1 is 1.56 bits per heavy atom. The summed E-state index contributed by atoms with van der Waals surface area (Å²) < 4.78 is 0. The Hall–Kier alpha value is -1.26. The fourth-order valence-electron chi connectivity index (χ4n) is 1.47. The Kier molecular flexibility index (Phi) is 4.15. The lowest BCUT2D eigenvalue weighted by Crippen LogP contribution is -2.16. The van der Waals surface area contributed by atoms with E-state index in [0.29, 0.717) is 16.1 Å². The minimum Gasteiger partial charge on any atom is -0.508 e. The van der Waals surface area contributed by atoms with Crippen LogP contribution in [0.2, 0.25) is 5.02 Å². The van der Waals surface area contributed by atoms with Crippen molar-refractivity contribution in [3.8, 4) is 5.75 Å². The molecule has 1 aromatic carbocycles. The van der Waals surface area contributed by atoms with Crippen molar-refractivity contribution >= 4 is 17.6 Å². The molecule has 4 nitrogen and oxygen atoms in total. The first kappa shape index (κ1) is 12.8. The molecule has 0 fully saturated rings. The highest BCUT2D eigenvalue weighted by Crippen LogP contribution is 2.31. The van der Waals surface area contributed by atoms with Crippen LogP contribution in [0.1, 0.15) is 23.5 Å². The van der Waals surface area contributed by atoms with Crippen LogP contribution in [-0.4, -0.2) is 22.7 Å². The van der Waals surface area contributed by atoms with Gasteiger partial charge in [0.15, 0.2) is 0 Å².